The maximum absolute atomic E-state index is 10.6. The number of aromatic nitrogens is 1. The molecule has 0 amide bonds. The smallest absolute Gasteiger partial charge is 0.132 e. The molecule has 0 bridgehead atoms. The predicted octanol–water partition coefficient (Wildman–Crippen LogP) is 2.23. The van der Waals surface area contributed by atoms with Crippen LogP contribution in [0.25, 0.3) is 0 Å². The highest BCUT2D eigenvalue weighted by molar-refractivity contribution is 5.39. The highest BCUT2D eigenvalue weighted by atomic mass is 16.5. The molecule has 1 aromatic rings. The van der Waals surface area contributed by atoms with Gasteiger partial charge in [0.1, 0.15) is 11.4 Å². The van der Waals surface area contributed by atoms with Crippen molar-refractivity contribution in [3.63, 3.8) is 0 Å². The van der Waals surface area contributed by atoms with Crippen LogP contribution in [0.4, 0.5) is 5.82 Å². The van der Waals surface area contributed by atoms with E-state index in [2.05, 4.69) is 16.4 Å². The van der Waals surface area contributed by atoms with E-state index in [0.29, 0.717) is 30.7 Å². The summed E-state index contributed by atoms with van der Waals surface area (Å²) in [6.45, 7) is 3.42. The molecule has 1 aromatic heterocycles. The first kappa shape index (κ1) is 15.1. The predicted molar refractivity (Wildman–Crippen MR) is 87.2 cm³/mol. The Morgan fingerprint density at radius 2 is 2.09 bits per heavy atom. The lowest BCUT2D eigenvalue weighted by Gasteiger charge is -2.24. The van der Waals surface area contributed by atoms with Gasteiger partial charge in [0.2, 0.25) is 0 Å². The van der Waals surface area contributed by atoms with Gasteiger partial charge in [0.05, 0.1) is 25.5 Å². The summed E-state index contributed by atoms with van der Waals surface area (Å²) in [7, 11) is 0. The van der Waals surface area contributed by atoms with Crippen molar-refractivity contribution in [2.24, 2.45) is 5.41 Å². The Hall–Kier alpha value is -1.43. The maximum Gasteiger partial charge on any atom is 0.132 e. The summed E-state index contributed by atoms with van der Waals surface area (Å²) in [6, 6.07) is 5.80. The fourth-order valence-electron chi connectivity index (χ4n) is 3.58. The zero-order valence-corrected chi connectivity index (χ0v) is 13.4. The van der Waals surface area contributed by atoms with Crippen LogP contribution in [0.2, 0.25) is 0 Å². The molecule has 3 aliphatic rings. The van der Waals surface area contributed by atoms with Gasteiger partial charge in [0.15, 0.2) is 0 Å². The van der Waals surface area contributed by atoms with Crippen molar-refractivity contribution in [2.45, 2.75) is 31.3 Å². The van der Waals surface area contributed by atoms with Crippen LogP contribution >= 0.6 is 0 Å². The van der Waals surface area contributed by atoms with E-state index in [4.69, 9.17) is 9.47 Å². The zero-order chi connectivity index (χ0) is 15.8. The normalized spacial score (nSPS) is 29.2. The average molecular weight is 316 g/mol. The SMILES string of the molecule is OC1(c2cccc(NCC3(C4=CCOCC4)CC3)n2)CCOC1. The van der Waals surface area contributed by atoms with Crippen molar-refractivity contribution in [1.82, 2.24) is 4.98 Å². The molecular weight excluding hydrogens is 292 g/mol. The van der Waals surface area contributed by atoms with Crippen LogP contribution in [-0.4, -0.2) is 43.1 Å². The molecular formula is C18H24N2O3. The lowest BCUT2D eigenvalue weighted by Crippen LogP contribution is -2.27. The van der Waals surface area contributed by atoms with E-state index in [0.717, 1.165) is 32.0 Å². The second-order valence-electron chi connectivity index (χ2n) is 6.93. The third-order valence-electron chi connectivity index (χ3n) is 5.33. The first-order chi connectivity index (χ1) is 11.2. The number of ether oxygens (including phenoxy) is 2. The number of nitrogens with zero attached hydrogens (tertiary/aromatic N) is 1. The Kier molecular flexibility index (Phi) is 3.87. The van der Waals surface area contributed by atoms with Gasteiger partial charge in [-0.2, -0.15) is 0 Å². The molecule has 1 atom stereocenters. The minimum absolute atomic E-state index is 0.300. The third-order valence-corrected chi connectivity index (χ3v) is 5.33. The van der Waals surface area contributed by atoms with E-state index in [-0.39, 0.29) is 0 Å². The van der Waals surface area contributed by atoms with E-state index in [9.17, 15) is 5.11 Å². The van der Waals surface area contributed by atoms with Crippen LogP contribution in [0, 0.1) is 5.41 Å². The van der Waals surface area contributed by atoms with Crippen molar-refractivity contribution in [3.05, 3.63) is 35.5 Å². The Bertz CT molecular complexity index is 604. The highest BCUT2D eigenvalue weighted by Crippen LogP contribution is 2.53. The topological polar surface area (TPSA) is 63.6 Å². The number of anilines is 1. The van der Waals surface area contributed by atoms with Crippen LogP contribution in [0.3, 0.4) is 0 Å². The van der Waals surface area contributed by atoms with Gasteiger partial charge in [-0.25, -0.2) is 4.98 Å². The lowest BCUT2D eigenvalue weighted by molar-refractivity contribution is 0.0195. The van der Waals surface area contributed by atoms with E-state index < -0.39 is 5.60 Å². The fraction of sp³-hybridized carbons (Fsp3) is 0.611. The molecule has 4 rings (SSSR count). The van der Waals surface area contributed by atoms with E-state index in [1.165, 1.54) is 18.4 Å². The average Bonchev–Trinajstić information content (AvgIpc) is 3.27. The van der Waals surface area contributed by atoms with Crippen molar-refractivity contribution < 1.29 is 14.6 Å². The lowest BCUT2D eigenvalue weighted by atomic mass is 9.92. The van der Waals surface area contributed by atoms with Crippen LogP contribution in [-0.2, 0) is 15.1 Å². The van der Waals surface area contributed by atoms with Gasteiger partial charge in [0.25, 0.3) is 0 Å². The minimum atomic E-state index is -0.932. The van der Waals surface area contributed by atoms with Gasteiger partial charge in [-0.05, 0) is 31.4 Å². The molecule has 2 fully saturated rings. The Morgan fingerprint density at radius 1 is 1.17 bits per heavy atom. The van der Waals surface area contributed by atoms with E-state index in [1.807, 2.05) is 18.2 Å². The summed E-state index contributed by atoms with van der Waals surface area (Å²) in [4.78, 5) is 4.62. The summed E-state index contributed by atoms with van der Waals surface area (Å²) in [6.07, 6.45) is 6.39. The molecule has 0 radical (unpaired) electrons. The highest BCUT2D eigenvalue weighted by Gasteiger charge is 2.45. The molecule has 1 saturated heterocycles. The number of aliphatic hydroxyl groups is 1. The molecule has 5 nitrogen and oxygen atoms in total. The number of hydrogen-bond donors (Lipinski definition) is 2. The van der Waals surface area contributed by atoms with Crippen LogP contribution in [0.1, 0.15) is 31.4 Å². The molecule has 1 saturated carbocycles. The summed E-state index contributed by atoms with van der Waals surface area (Å²) < 4.78 is 10.7. The van der Waals surface area contributed by atoms with Crippen LogP contribution in [0.5, 0.6) is 0 Å². The molecule has 0 spiro atoms. The summed E-state index contributed by atoms with van der Waals surface area (Å²) in [5.74, 6) is 0.835. The zero-order valence-electron chi connectivity index (χ0n) is 13.4. The van der Waals surface area contributed by atoms with E-state index >= 15 is 0 Å². The fourth-order valence-corrected chi connectivity index (χ4v) is 3.58. The van der Waals surface area contributed by atoms with Crippen molar-refractivity contribution in [1.29, 1.82) is 0 Å². The van der Waals surface area contributed by atoms with Crippen LogP contribution in [0.15, 0.2) is 29.8 Å². The summed E-state index contributed by atoms with van der Waals surface area (Å²) >= 11 is 0. The largest absolute Gasteiger partial charge is 0.381 e. The second-order valence-corrected chi connectivity index (χ2v) is 6.93. The standard InChI is InChI=1S/C18H24N2O3/c21-18(8-11-23-13-18)15-2-1-3-16(20-15)19-12-17(6-7-17)14-4-9-22-10-5-14/h1-4,21H,5-13H2,(H,19,20). The monoisotopic (exact) mass is 316 g/mol. The first-order valence-corrected chi connectivity index (χ1v) is 8.49. The molecule has 0 aromatic carbocycles. The molecule has 3 heterocycles. The first-order valence-electron chi connectivity index (χ1n) is 8.49. The maximum atomic E-state index is 10.6. The van der Waals surface area contributed by atoms with Gasteiger partial charge >= 0.3 is 0 Å². The molecule has 1 unspecified atom stereocenters. The van der Waals surface area contributed by atoms with Gasteiger partial charge < -0.3 is 19.9 Å². The van der Waals surface area contributed by atoms with Crippen LogP contribution < -0.4 is 5.32 Å². The van der Waals surface area contributed by atoms with E-state index in [1.54, 1.807) is 0 Å². The van der Waals surface area contributed by atoms with Gasteiger partial charge in [0, 0.05) is 25.0 Å². The molecule has 23 heavy (non-hydrogen) atoms. The number of hydrogen-bond acceptors (Lipinski definition) is 5. The Labute approximate surface area is 136 Å². The third kappa shape index (κ3) is 3.01. The molecule has 2 N–H and O–H groups in total. The Balaban J connectivity index is 1.44. The quantitative estimate of drug-likeness (QED) is 0.816. The number of pyridine rings is 1. The minimum Gasteiger partial charge on any atom is -0.381 e. The van der Waals surface area contributed by atoms with Gasteiger partial charge in [-0.3, -0.25) is 0 Å². The van der Waals surface area contributed by atoms with Crippen molar-refractivity contribution in [3.8, 4) is 0 Å². The molecule has 5 heteroatoms. The summed E-state index contributed by atoms with van der Waals surface area (Å²) in [5, 5.41) is 14.1. The molecule has 1 aliphatic carbocycles. The number of rotatable bonds is 5. The molecule has 124 valence electrons. The van der Waals surface area contributed by atoms with Gasteiger partial charge in [-0.15, -0.1) is 0 Å². The summed E-state index contributed by atoms with van der Waals surface area (Å²) in [5.41, 5.74) is 1.61. The van der Waals surface area contributed by atoms with Crippen molar-refractivity contribution in [2.75, 3.05) is 38.3 Å². The van der Waals surface area contributed by atoms with Crippen molar-refractivity contribution >= 4 is 5.82 Å². The Morgan fingerprint density at radius 3 is 2.78 bits per heavy atom. The molecule has 2 aliphatic heterocycles. The number of nitrogens with one attached hydrogen (secondary N) is 1. The second kappa shape index (κ2) is 5.89. The van der Waals surface area contributed by atoms with Gasteiger partial charge in [-0.1, -0.05) is 17.7 Å².